The Labute approximate surface area is 97.0 Å². The van der Waals surface area contributed by atoms with Gasteiger partial charge in [0.25, 0.3) is 5.91 Å². The molecule has 0 aromatic heterocycles. The maximum atomic E-state index is 11.6. The van der Waals surface area contributed by atoms with Crippen molar-refractivity contribution < 1.29 is 4.79 Å². The van der Waals surface area contributed by atoms with E-state index in [0.717, 1.165) is 24.1 Å². The lowest BCUT2D eigenvalue weighted by molar-refractivity contribution is -0.116. The largest absolute Gasteiger partial charge is 0.272 e. The van der Waals surface area contributed by atoms with Crippen LogP contribution in [0.1, 0.15) is 51.9 Å². The Morgan fingerprint density at radius 2 is 2.12 bits per heavy atom. The van der Waals surface area contributed by atoms with Crippen molar-refractivity contribution in [3.05, 3.63) is 11.6 Å². The van der Waals surface area contributed by atoms with Crippen LogP contribution in [-0.2, 0) is 4.79 Å². The van der Waals surface area contributed by atoms with Gasteiger partial charge in [0.15, 0.2) is 0 Å². The molecule has 1 fully saturated rings. The van der Waals surface area contributed by atoms with E-state index in [1.807, 2.05) is 0 Å². The predicted molar refractivity (Wildman–Crippen MR) is 65.1 cm³/mol. The molecule has 3 heteroatoms. The fourth-order valence-electron chi connectivity index (χ4n) is 2.51. The van der Waals surface area contributed by atoms with Crippen LogP contribution in [0.2, 0.25) is 0 Å². The third-order valence-corrected chi connectivity index (χ3v) is 3.39. The Bertz CT molecular complexity index is 325. The number of nitrogens with zero attached hydrogens (tertiary/aromatic N) is 1. The predicted octanol–water partition coefficient (Wildman–Crippen LogP) is 2.78. The minimum Gasteiger partial charge on any atom is -0.267 e. The van der Waals surface area contributed by atoms with E-state index < -0.39 is 0 Å². The Kier molecular flexibility index (Phi) is 3.75. The summed E-state index contributed by atoms with van der Waals surface area (Å²) < 4.78 is 0. The molecule has 0 radical (unpaired) electrons. The molecule has 16 heavy (non-hydrogen) atoms. The third kappa shape index (κ3) is 2.52. The summed E-state index contributed by atoms with van der Waals surface area (Å²) in [5.41, 5.74) is 4.37. The topological polar surface area (TPSA) is 41.5 Å². The molecule has 1 aliphatic carbocycles. The van der Waals surface area contributed by atoms with Crippen LogP contribution in [0.5, 0.6) is 0 Å². The second kappa shape index (κ2) is 5.28. The molecule has 0 saturated heterocycles. The SMILES string of the molecule is CCCC1=NNC(=O)/C1=C/C1CCCCC1. The second-order valence-electron chi connectivity index (χ2n) is 4.73. The van der Waals surface area contributed by atoms with Crippen LogP contribution in [-0.4, -0.2) is 11.6 Å². The maximum absolute atomic E-state index is 11.6. The Morgan fingerprint density at radius 3 is 2.81 bits per heavy atom. The molecule has 0 spiro atoms. The Morgan fingerprint density at radius 1 is 1.38 bits per heavy atom. The van der Waals surface area contributed by atoms with Gasteiger partial charge in [-0.3, -0.25) is 4.79 Å². The highest BCUT2D eigenvalue weighted by Crippen LogP contribution is 2.26. The molecule has 88 valence electrons. The van der Waals surface area contributed by atoms with Gasteiger partial charge in [-0.1, -0.05) is 38.7 Å². The van der Waals surface area contributed by atoms with E-state index in [2.05, 4.69) is 23.5 Å². The summed E-state index contributed by atoms with van der Waals surface area (Å²) in [5.74, 6) is 0.587. The fraction of sp³-hybridized carbons (Fsp3) is 0.692. The lowest BCUT2D eigenvalue weighted by Gasteiger charge is -2.18. The Balaban J connectivity index is 2.07. The first kappa shape index (κ1) is 11.4. The number of hydrogen-bond donors (Lipinski definition) is 1. The molecule has 1 heterocycles. The molecule has 0 aromatic rings. The van der Waals surface area contributed by atoms with E-state index in [4.69, 9.17) is 0 Å². The molecule has 0 unspecified atom stereocenters. The molecular weight excluding hydrogens is 200 g/mol. The number of hydrogen-bond acceptors (Lipinski definition) is 2. The van der Waals surface area contributed by atoms with Gasteiger partial charge in [-0.25, -0.2) is 5.43 Å². The number of allylic oxidation sites excluding steroid dienone is 1. The van der Waals surface area contributed by atoms with Crippen LogP contribution in [0.4, 0.5) is 0 Å². The number of nitrogens with one attached hydrogen (secondary N) is 1. The number of carbonyl (C=O) groups is 1. The first-order valence-electron chi connectivity index (χ1n) is 6.40. The van der Waals surface area contributed by atoms with Gasteiger partial charge in [-0.05, 0) is 25.2 Å². The van der Waals surface area contributed by atoms with Gasteiger partial charge in [0.1, 0.15) is 0 Å². The highest BCUT2D eigenvalue weighted by molar-refractivity contribution is 6.24. The summed E-state index contributed by atoms with van der Waals surface area (Å²) >= 11 is 0. The van der Waals surface area contributed by atoms with E-state index in [1.165, 1.54) is 32.1 Å². The fourth-order valence-corrected chi connectivity index (χ4v) is 2.51. The highest BCUT2D eigenvalue weighted by atomic mass is 16.2. The maximum Gasteiger partial charge on any atom is 0.272 e. The van der Waals surface area contributed by atoms with Crippen molar-refractivity contribution in [3.63, 3.8) is 0 Å². The van der Waals surface area contributed by atoms with Gasteiger partial charge in [0.2, 0.25) is 0 Å². The molecule has 2 rings (SSSR count). The minimum atomic E-state index is -0.00553. The van der Waals surface area contributed by atoms with Gasteiger partial charge in [0.05, 0.1) is 11.3 Å². The van der Waals surface area contributed by atoms with Crippen molar-refractivity contribution in [1.29, 1.82) is 0 Å². The van der Waals surface area contributed by atoms with Crippen LogP contribution in [0.25, 0.3) is 0 Å². The normalized spacial score (nSPS) is 24.7. The van der Waals surface area contributed by atoms with Crippen molar-refractivity contribution in [2.24, 2.45) is 11.0 Å². The van der Waals surface area contributed by atoms with Crippen LogP contribution in [0, 0.1) is 5.92 Å². The molecule has 2 aliphatic rings. The molecule has 1 N–H and O–H groups in total. The average molecular weight is 220 g/mol. The summed E-state index contributed by atoms with van der Waals surface area (Å²) in [6, 6.07) is 0. The summed E-state index contributed by atoms with van der Waals surface area (Å²) in [6.07, 6.45) is 10.5. The summed E-state index contributed by atoms with van der Waals surface area (Å²) in [5, 5.41) is 4.10. The molecule has 1 aliphatic heterocycles. The van der Waals surface area contributed by atoms with Gasteiger partial charge in [-0.2, -0.15) is 5.10 Å². The zero-order valence-electron chi connectivity index (χ0n) is 9.96. The second-order valence-corrected chi connectivity index (χ2v) is 4.73. The van der Waals surface area contributed by atoms with E-state index >= 15 is 0 Å². The monoisotopic (exact) mass is 220 g/mol. The van der Waals surface area contributed by atoms with Crippen molar-refractivity contribution in [2.45, 2.75) is 51.9 Å². The molecule has 3 nitrogen and oxygen atoms in total. The smallest absolute Gasteiger partial charge is 0.267 e. The zero-order chi connectivity index (χ0) is 11.4. The minimum absolute atomic E-state index is 0.00553. The van der Waals surface area contributed by atoms with Crippen molar-refractivity contribution in [1.82, 2.24) is 5.43 Å². The lowest BCUT2D eigenvalue weighted by atomic mass is 9.87. The highest BCUT2D eigenvalue weighted by Gasteiger charge is 2.23. The molecular formula is C13H20N2O. The van der Waals surface area contributed by atoms with Crippen LogP contribution >= 0.6 is 0 Å². The van der Waals surface area contributed by atoms with Crippen LogP contribution in [0.15, 0.2) is 16.8 Å². The van der Waals surface area contributed by atoms with Gasteiger partial charge in [-0.15, -0.1) is 0 Å². The van der Waals surface area contributed by atoms with Crippen molar-refractivity contribution >= 4 is 11.6 Å². The zero-order valence-corrected chi connectivity index (χ0v) is 9.96. The Hall–Kier alpha value is -1.12. The number of rotatable bonds is 3. The first-order valence-corrected chi connectivity index (χ1v) is 6.40. The number of carbonyl (C=O) groups excluding carboxylic acids is 1. The number of hydrazone groups is 1. The summed E-state index contributed by atoms with van der Waals surface area (Å²) in [6.45, 7) is 2.11. The van der Waals surface area contributed by atoms with Crippen LogP contribution < -0.4 is 5.43 Å². The number of amides is 1. The molecule has 1 amide bonds. The lowest BCUT2D eigenvalue weighted by Crippen LogP contribution is -2.15. The molecule has 0 atom stereocenters. The van der Waals surface area contributed by atoms with Crippen molar-refractivity contribution in [3.8, 4) is 0 Å². The van der Waals surface area contributed by atoms with Crippen LogP contribution in [0.3, 0.4) is 0 Å². The van der Waals surface area contributed by atoms with E-state index in [-0.39, 0.29) is 5.91 Å². The molecule has 1 saturated carbocycles. The molecule has 0 bridgehead atoms. The quantitative estimate of drug-likeness (QED) is 0.730. The standard InChI is InChI=1S/C13H20N2O/c1-2-6-12-11(13(16)15-14-12)9-10-7-4-3-5-8-10/h9-10H,2-8H2,1H3,(H,15,16)/b11-9+. The van der Waals surface area contributed by atoms with Crippen molar-refractivity contribution in [2.75, 3.05) is 0 Å². The molecule has 0 aromatic carbocycles. The van der Waals surface area contributed by atoms with Gasteiger partial charge >= 0.3 is 0 Å². The van der Waals surface area contributed by atoms with E-state index in [9.17, 15) is 4.79 Å². The third-order valence-electron chi connectivity index (χ3n) is 3.39. The van der Waals surface area contributed by atoms with Gasteiger partial charge in [0, 0.05) is 0 Å². The van der Waals surface area contributed by atoms with Gasteiger partial charge < -0.3 is 0 Å². The first-order chi connectivity index (χ1) is 7.81. The summed E-state index contributed by atoms with van der Waals surface area (Å²) in [4.78, 5) is 11.6. The van der Waals surface area contributed by atoms with E-state index in [0.29, 0.717) is 5.92 Å². The average Bonchev–Trinajstić information content (AvgIpc) is 2.64. The van der Waals surface area contributed by atoms with E-state index in [1.54, 1.807) is 0 Å². The summed E-state index contributed by atoms with van der Waals surface area (Å²) in [7, 11) is 0.